The Morgan fingerprint density at radius 2 is 1.63 bits per heavy atom. The van der Waals surface area contributed by atoms with Gasteiger partial charge in [0, 0.05) is 38.9 Å². The van der Waals surface area contributed by atoms with Crippen molar-refractivity contribution >= 4 is 23.1 Å². The van der Waals surface area contributed by atoms with E-state index in [4.69, 9.17) is 11.6 Å². The van der Waals surface area contributed by atoms with Crippen molar-refractivity contribution in [3.8, 4) is 0 Å². The summed E-state index contributed by atoms with van der Waals surface area (Å²) in [5.74, 6) is 0.0204. The molecule has 0 saturated carbocycles. The Morgan fingerprint density at radius 3 is 2.37 bits per heavy atom. The Hall–Kier alpha value is -3.38. The molecular formula is C32H33ClN4O. The number of piperazine rings is 1. The van der Waals surface area contributed by atoms with Gasteiger partial charge in [-0.25, -0.2) is 0 Å². The molecule has 0 aliphatic carbocycles. The Bertz CT molecular complexity index is 1350. The van der Waals surface area contributed by atoms with Crippen LogP contribution in [0.25, 0.3) is 5.57 Å². The Morgan fingerprint density at radius 1 is 0.921 bits per heavy atom. The van der Waals surface area contributed by atoms with Gasteiger partial charge in [0.15, 0.2) is 0 Å². The number of carbonyl (C=O) groups is 1. The second-order valence-corrected chi connectivity index (χ2v) is 10.8. The molecule has 1 amide bonds. The first-order valence-electron chi connectivity index (χ1n) is 13.4. The van der Waals surface area contributed by atoms with Gasteiger partial charge in [0.05, 0.1) is 28.8 Å². The highest BCUT2D eigenvalue weighted by Gasteiger charge is 2.41. The molecule has 3 atom stereocenters. The maximum Gasteiger partial charge on any atom is 0.255 e. The second kappa shape index (κ2) is 10.8. The number of nitrogens with one attached hydrogen (secondary N) is 1. The van der Waals surface area contributed by atoms with Crippen LogP contribution in [0.5, 0.6) is 0 Å². The molecule has 0 radical (unpaired) electrons. The van der Waals surface area contributed by atoms with Crippen LogP contribution in [0.15, 0.2) is 97.2 Å². The van der Waals surface area contributed by atoms with E-state index < -0.39 is 0 Å². The number of fused-ring (bicyclic) bond motifs is 1. The summed E-state index contributed by atoms with van der Waals surface area (Å²) >= 11 is 6.30. The van der Waals surface area contributed by atoms with Crippen molar-refractivity contribution in [1.82, 2.24) is 20.0 Å². The normalized spacial score (nSPS) is 23.3. The molecule has 3 aromatic carbocycles. The fraction of sp³-hybridized carbons (Fsp3) is 0.281. The quantitative estimate of drug-likeness (QED) is 0.488. The fourth-order valence-corrected chi connectivity index (χ4v) is 6.00. The fourth-order valence-electron chi connectivity index (χ4n) is 5.79. The van der Waals surface area contributed by atoms with Gasteiger partial charge >= 0.3 is 0 Å². The molecule has 3 aromatic rings. The van der Waals surface area contributed by atoms with Gasteiger partial charge in [-0.3, -0.25) is 15.0 Å². The zero-order chi connectivity index (χ0) is 26.1. The van der Waals surface area contributed by atoms with Gasteiger partial charge in [0.1, 0.15) is 0 Å². The summed E-state index contributed by atoms with van der Waals surface area (Å²) in [7, 11) is 0. The maximum absolute atomic E-state index is 13.1. The lowest BCUT2D eigenvalue weighted by Gasteiger charge is -2.39. The van der Waals surface area contributed by atoms with E-state index in [9.17, 15) is 4.79 Å². The molecule has 194 valence electrons. The SMILES string of the molecule is Cc1ccc(C2NC3C=CC(c4ccccc4)=CN3C2CN2CCN(C(=O)c3ccccc3Cl)CC2)cc1. The molecule has 3 aliphatic heterocycles. The number of carbonyl (C=O) groups excluding carboxylic acids is 1. The number of hydrogen-bond donors (Lipinski definition) is 1. The van der Waals surface area contributed by atoms with Crippen LogP contribution in [-0.2, 0) is 0 Å². The van der Waals surface area contributed by atoms with Crippen molar-refractivity contribution in [2.45, 2.75) is 25.2 Å². The van der Waals surface area contributed by atoms with Crippen molar-refractivity contribution in [1.29, 1.82) is 0 Å². The minimum absolute atomic E-state index is 0.0204. The van der Waals surface area contributed by atoms with E-state index in [1.165, 1.54) is 22.3 Å². The summed E-state index contributed by atoms with van der Waals surface area (Å²) in [6.07, 6.45) is 6.99. The predicted molar refractivity (Wildman–Crippen MR) is 154 cm³/mol. The van der Waals surface area contributed by atoms with E-state index in [1.54, 1.807) is 6.07 Å². The Labute approximate surface area is 230 Å². The molecule has 5 nitrogen and oxygen atoms in total. The number of allylic oxidation sites excluding steroid dienone is 2. The minimum Gasteiger partial charge on any atom is -0.352 e. The molecule has 1 N–H and O–H groups in total. The molecule has 3 unspecified atom stereocenters. The summed E-state index contributed by atoms with van der Waals surface area (Å²) in [5.41, 5.74) is 5.63. The number of rotatable bonds is 5. The third-order valence-electron chi connectivity index (χ3n) is 7.94. The standard InChI is InChI=1S/C32H33ClN4O/c1-23-11-13-25(14-12-23)31-29(37-21-26(15-16-30(37)34-31)24-7-3-2-4-8-24)22-35-17-19-36(20-18-35)32(38)27-9-5-6-10-28(27)33/h2-16,21,29-31,34H,17-20,22H2,1H3. The van der Waals surface area contributed by atoms with Crippen molar-refractivity contribution < 1.29 is 4.79 Å². The zero-order valence-electron chi connectivity index (χ0n) is 21.6. The Balaban J connectivity index is 1.21. The molecule has 0 bridgehead atoms. The average Bonchev–Trinajstić information content (AvgIpc) is 3.31. The molecular weight excluding hydrogens is 492 g/mol. The lowest BCUT2D eigenvalue weighted by atomic mass is 9.98. The number of aryl methyl sites for hydroxylation is 1. The van der Waals surface area contributed by atoms with Crippen molar-refractivity contribution in [2.24, 2.45) is 0 Å². The summed E-state index contributed by atoms with van der Waals surface area (Å²) in [5, 5.41) is 4.40. The maximum atomic E-state index is 13.1. The number of nitrogens with zero attached hydrogens (tertiary/aromatic N) is 3. The molecule has 2 saturated heterocycles. The van der Waals surface area contributed by atoms with Crippen molar-refractivity contribution in [3.63, 3.8) is 0 Å². The number of amides is 1. The highest BCUT2D eigenvalue weighted by molar-refractivity contribution is 6.33. The number of benzene rings is 3. The van der Waals surface area contributed by atoms with E-state index in [0.717, 1.165) is 19.6 Å². The molecule has 6 rings (SSSR count). The van der Waals surface area contributed by atoms with Gasteiger partial charge in [-0.1, -0.05) is 90.0 Å². The van der Waals surface area contributed by atoms with Gasteiger partial charge in [-0.15, -0.1) is 0 Å². The first-order chi connectivity index (χ1) is 18.6. The summed E-state index contributed by atoms with van der Waals surface area (Å²) in [6.45, 7) is 6.14. The molecule has 38 heavy (non-hydrogen) atoms. The third kappa shape index (κ3) is 5.02. The van der Waals surface area contributed by atoms with Crippen LogP contribution in [0, 0.1) is 6.92 Å². The van der Waals surface area contributed by atoms with Crippen LogP contribution in [0.4, 0.5) is 0 Å². The molecule has 0 spiro atoms. The minimum atomic E-state index is 0.0204. The highest BCUT2D eigenvalue weighted by Crippen LogP contribution is 2.35. The van der Waals surface area contributed by atoms with Crippen LogP contribution < -0.4 is 5.32 Å². The van der Waals surface area contributed by atoms with Crippen LogP contribution >= 0.6 is 11.6 Å². The van der Waals surface area contributed by atoms with Gasteiger partial charge in [0.25, 0.3) is 5.91 Å². The first kappa shape index (κ1) is 24.9. The average molecular weight is 525 g/mol. The first-order valence-corrected chi connectivity index (χ1v) is 13.8. The van der Waals surface area contributed by atoms with Crippen LogP contribution in [0.3, 0.4) is 0 Å². The van der Waals surface area contributed by atoms with Gasteiger partial charge in [0.2, 0.25) is 0 Å². The van der Waals surface area contributed by atoms with Gasteiger partial charge < -0.3 is 9.80 Å². The smallest absolute Gasteiger partial charge is 0.255 e. The summed E-state index contributed by atoms with van der Waals surface area (Å²) in [4.78, 5) is 20.0. The molecule has 2 fully saturated rings. The third-order valence-corrected chi connectivity index (χ3v) is 8.27. The zero-order valence-corrected chi connectivity index (χ0v) is 22.4. The molecule has 6 heteroatoms. The van der Waals surface area contributed by atoms with E-state index >= 15 is 0 Å². The van der Waals surface area contributed by atoms with Crippen LogP contribution in [0.1, 0.15) is 33.1 Å². The molecule has 3 heterocycles. The highest BCUT2D eigenvalue weighted by atomic mass is 35.5. The second-order valence-electron chi connectivity index (χ2n) is 10.4. The largest absolute Gasteiger partial charge is 0.352 e. The van der Waals surface area contributed by atoms with Crippen LogP contribution in [0.2, 0.25) is 5.02 Å². The summed E-state index contributed by atoms with van der Waals surface area (Å²) < 4.78 is 0. The van der Waals surface area contributed by atoms with Gasteiger partial charge in [-0.2, -0.15) is 0 Å². The lowest BCUT2D eigenvalue weighted by molar-refractivity contribution is 0.0605. The Kier molecular flexibility index (Phi) is 7.07. The van der Waals surface area contributed by atoms with Gasteiger partial charge in [-0.05, 0) is 41.8 Å². The van der Waals surface area contributed by atoms with Crippen molar-refractivity contribution in [2.75, 3.05) is 32.7 Å². The molecule has 3 aliphatic rings. The number of hydrogen-bond acceptors (Lipinski definition) is 4. The lowest BCUT2D eigenvalue weighted by Crippen LogP contribution is -2.52. The molecule has 0 aromatic heterocycles. The van der Waals surface area contributed by atoms with E-state index in [0.29, 0.717) is 23.7 Å². The predicted octanol–water partition coefficient (Wildman–Crippen LogP) is 5.36. The number of halogens is 1. The van der Waals surface area contributed by atoms with Crippen molar-refractivity contribution in [3.05, 3.63) is 124 Å². The van der Waals surface area contributed by atoms with E-state index in [1.807, 2.05) is 23.1 Å². The van der Waals surface area contributed by atoms with E-state index in [-0.39, 0.29) is 24.2 Å². The topological polar surface area (TPSA) is 38.8 Å². The van der Waals surface area contributed by atoms with Crippen LogP contribution in [-0.4, -0.2) is 65.5 Å². The monoisotopic (exact) mass is 524 g/mol. The van der Waals surface area contributed by atoms with E-state index in [2.05, 4.69) is 95.0 Å². The summed E-state index contributed by atoms with van der Waals surface area (Å²) in [6, 6.07) is 27.3.